The zero-order chi connectivity index (χ0) is 14.0. The lowest BCUT2D eigenvalue weighted by Crippen LogP contribution is -2.37. The Bertz CT molecular complexity index is 586. The van der Waals surface area contributed by atoms with Crippen LogP contribution in [-0.4, -0.2) is 38.9 Å². The van der Waals surface area contributed by atoms with Gasteiger partial charge in [0.25, 0.3) is 0 Å². The number of nitrogens with zero attached hydrogens (tertiary/aromatic N) is 2. The molecule has 19 heavy (non-hydrogen) atoms. The van der Waals surface area contributed by atoms with Gasteiger partial charge in [-0.2, -0.15) is 0 Å². The molecular weight excluding hydrogens is 286 g/mol. The molecule has 0 fully saturated rings. The van der Waals surface area contributed by atoms with Crippen LogP contribution in [0.2, 0.25) is 5.28 Å². The third-order valence-electron chi connectivity index (χ3n) is 2.74. The van der Waals surface area contributed by atoms with E-state index in [1.54, 1.807) is 18.3 Å². The number of aromatic nitrogens is 2. The second-order valence-corrected chi connectivity index (χ2v) is 6.09. The number of hydrogen-bond acceptors (Lipinski definition) is 6. The Balaban J connectivity index is 2.33. The summed E-state index contributed by atoms with van der Waals surface area (Å²) in [5.74, 6) is 0.583. The van der Waals surface area contributed by atoms with E-state index in [2.05, 4.69) is 22.2 Å². The van der Waals surface area contributed by atoms with Crippen LogP contribution in [0.25, 0.3) is 10.2 Å². The van der Waals surface area contributed by atoms with Crippen molar-refractivity contribution in [2.24, 2.45) is 0 Å². The van der Waals surface area contributed by atoms with E-state index >= 15 is 0 Å². The number of fused-ring (bicyclic) bond motifs is 1. The van der Waals surface area contributed by atoms with Gasteiger partial charge in [-0.3, -0.25) is 0 Å². The summed E-state index contributed by atoms with van der Waals surface area (Å²) < 4.78 is 0. The molecule has 0 saturated carbocycles. The molecule has 104 valence electrons. The van der Waals surface area contributed by atoms with E-state index in [1.165, 1.54) is 4.88 Å². The van der Waals surface area contributed by atoms with Gasteiger partial charge in [0.05, 0.1) is 12.0 Å². The van der Waals surface area contributed by atoms with Crippen molar-refractivity contribution in [2.75, 3.05) is 18.5 Å². The SMILES string of the molecule is CCc1cc2c(NCC(C)(O)CO)nc(Cl)nc2s1. The van der Waals surface area contributed by atoms with Gasteiger partial charge in [0.2, 0.25) is 5.28 Å². The summed E-state index contributed by atoms with van der Waals surface area (Å²) in [6.07, 6.45) is 0.923. The average molecular weight is 302 g/mol. The molecule has 0 bridgehead atoms. The Morgan fingerprint density at radius 1 is 1.47 bits per heavy atom. The minimum absolute atomic E-state index is 0.170. The van der Waals surface area contributed by atoms with E-state index in [4.69, 9.17) is 16.7 Å². The second kappa shape index (κ2) is 5.58. The maximum Gasteiger partial charge on any atom is 0.225 e. The number of nitrogens with one attached hydrogen (secondary N) is 1. The topological polar surface area (TPSA) is 78.3 Å². The molecular formula is C12H16ClN3O2S. The number of aliphatic hydroxyl groups excluding tert-OH is 1. The van der Waals surface area contributed by atoms with Gasteiger partial charge in [-0.05, 0) is 31.0 Å². The number of aryl methyl sites for hydroxylation is 1. The van der Waals surface area contributed by atoms with Crippen LogP contribution < -0.4 is 5.32 Å². The van der Waals surface area contributed by atoms with Gasteiger partial charge in [-0.15, -0.1) is 11.3 Å². The highest BCUT2D eigenvalue weighted by molar-refractivity contribution is 7.18. The fourth-order valence-corrected chi connectivity index (χ4v) is 2.77. The molecule has 0 aliphatic rings. The first-order valence-electron chi connectivity index (χ1n) is 5.98. The van der Waals surface area contributed by atoms with Gasteiger partial charge in [-0.25, -0.2) is 9.97 Å². The van der Waals surface area contributed by atoms with Crippen LogP contribution in [0.3, 0.4) is 0 Å². The molecule has 0 radical (unpaired) electrons. The monoisotopic (exact) mass is 301 g/mol. The summed E-state index contributed by atoms with van der Waals surface area (Å²) in [5.41, 5.74) is -1.20. The summed E-state index contributed by atoms with van der Waals surface area (Å²) >= 11 is 7.47. The number of halogens is 1. The van der Waals surface area contributed by atoms with Crippen molar-refractivity contribution < 1.29 is 10.2 Å². The molecule has 0 aliphatic carbocycles. The summed E-state index contributed by atoms with van der Waals surface area (Å²) in [4.78, 5) is 10.4. The lowest BCUT2D eigenvalue weighted by atomic mass is 10.1. The molecule has 3 N–H and O–H groups in total. The van der Waals surface area contributed by atoms with Crippen molar-refractivity contribution >= 4 is 39.0 Å². The first kappa shape index (κ1) is 14.5. The zero-order valence-corrected chi connectivity index (χ0v) is 12.3. The standard InChI is InChI=1S/C12H16ClN3O2S/c1-3-7-4-8-9(14-5-12(2,18)6-17)15-11(13)16-10(8)19-7/h4,17-18H,3,5-6H2,1-2H3,(H,14,15,16). The quantitative estimate of drug-likeness (QED) is 0.737. The van der Waals surface area contributed by atoms with Crippen LogP contribution in [0.15, 0.2) is 6.07 Å². The third-order valence-corrected chi connectivity index (χ3v) is 4.08. The van der Waals surface area contributed by atoms with Gasteiger partial charge < -0.3 is 15.5 Å². The normalized spacial score (nSPS) is 14.6. The molecule has 1 unspecified atom stereocenters. The molecule has 0 aromatic carbocycles. The predicted molar refractivity (Wildman–Crippen MR) is 78.0 cm³/mol. The van der Waals surface area contributed by atoms with Crippen molar-refractivity contribution in [3.8, 4) is 0 Å². The number of aliphatic hydroxyl groups is 2. The van der Waals surface area contributed by atoms with Gasteiger partial charge in [0.1, 0.15) is 16.2 Å². The van der Waals surface area contributed by atoms with E-state index in [1.807, 2.05) is 6.07 Å². The molecule has 0 amide bonds. The fourth-order valence-electron chi connectivity index (χ4n) is 1.58. The Morgan fingerprint density at radius 3 is 2.84 bits per heavy atom. The van der Waals surface area contributed by atoms with Gasteiger partial charge in [0.15, 0.2) is 0 Å². The number of rotatable bonds is 5. The molecule has 7 heteroatoms. The summed E-state index contributed by atoms with van der Waals surface area (Å²) in [6, 6.07) is 2.02. The first-order valence-corrected chi connectivity index (χ1v) is 7.17. The number of hydrogen-bond donors (Lipinski definition) is 3. The number of thiophene rings is 1. The van der Waals surface area contributed by atoms with Crippen LogP contribution >= 0.6 is 22.9 Å². The van der Waals surface area contributed by atoms with E-state index < -0.39 is 5.60 Å². The van der Waals surface area contributed by atoms with Crippen LogP contribution in [0.1, 0.15) is 18.7 Å². The number of anilines is 1. The van der Waals surface area contributed by atoms with E-state index in [9.17, 15) is 5.11 Å². The lowest BCUT2D eigenvalue weighted by molar-refractivity contribution is 0.0132. The van der Waals surface area contributed by atoms with Crippen molar-refractivity contribution in [2.45, 2.75) is 25.9 Å². The minimum atomic E-state index is -1.20. The highest BCUT2D eigenvalue weighted by atomic mass is 35.5. The van der Waals surface area contributed by atoms with E-state index in [-0.39, 0.29) is 18.4 Å². The fraction of sp³-hybridized carbons (Fsp3) is 0.500. The van der Waals surface area contributed by atoms with Gasteiger partial charge in [0, 0.05) is 11.4 Å². The highest BCUT2D eigenvalue weighted by Crippen LogP contribution is 2.30. The molecule has 2 heterocycles. The van der Waals surface area contributed by atoms with Crippen molar-refractivity contribution in [3.05, 3.63) is 16.2 Å². The smallest absolute Gasteiger partial charge is 0.225 e. The average Bonchev–Trinajstić information content (AvgIpc) is 2.79. The summed E-state index contributed by atoms with van der Waals surface area (Å²) in [5, 5.41) is 22.9. The van der Waals surface area contributed by atoms with Gasteiger partial charge >= 0.3 is 0 Å². The Morgan fingerprint density at radius 2 is 2.21 bits per heavy atom. The molecule has 0 aliphatic heterocycles. The molecule has 1 atom stereocenters. The van der Waals surface area contributed by atoms with Crippen LogP contribution in [0, 0.1) is 0 Å². The zero-order valence-electron chi connectivity index (χ0n) is 10.8. The van der Waals surface area contributed by atoms with Crippen LogP contribution in [0.5, 0.6) is 0 Å². The molecule has 5 nitrogen and oxygen atoms in total. The van der Waals surface area contributed by atoms with Crippen molar-refractivity contribution in [3.63, 3.8) is 0 Å². The minimum Gasteiger partial charge on any atom is -0.393 e. The molecule has 0 saturated heterocycles. The first-order chi connectivity index (χ1) is 8.95. The molecule has 2 aromatic heterocycles. The van der Waals surface area contributed by atoms with Crippen molar-refractivity contribution in [1.82, 2.24) is 9.97 Å². The summed E-state index contributed by atoms with van der Waals surface area (Å²) in [6.45, 7) is 3.48. The second-order valence-electron chi connectivity index (χ2n) is 4.63. The van der Waals surface area contributed by atoms with Crippen LogP contribution in [-0.2, 0) is 6.42 Å². The maximum atomic E-state index is 9.79. The Labute approximate surface area is 120 Å². The summed E-state index contributed by atoms with van der Waals surface area (Å²) in [7, 11) is 0. The van der Waals surface area contributed by atoms with Crippen molar-refractivity contribution in [1.29, 1.82) is 0 Å². The van der Waals surface area contributed by atoms with Gasteiger partial charge in [-0.1, -0.05) is 6.92 Å². The van der Waals surface area contributed by atoms with Crippen LogP contribution in [0.4, 0.5) is 5.82 Å². The van der Waals surface area contributed by atoms with E-state index in [0.717, 1.165) is 16.6 Å². The molecule has 2 aromatic rings. The molecule has 2 rings (SSSR count). The predicted octanol–water partition coefficient (Wildman–Crippen LogP) is 2.06. The Hall–Kier alpha value is -0.950. The van der Waals surface area contributed by atoms with E-state index in [0.29, 0.717) is 5.82 Å². The Kier molecular flexibility index (Phi) is 4.25. The largest absolute Gasteiger partial charge is 0.393 e. The highest BCUT2D eigenvalue weighted by Gasteiger charge is 2.20. The maximum absolute atomic E-state index is 9.79. The third kappa shape index (κ3) is 3.33. The molecule has 0 spiro atoms. The lowest BCUT2D eigenvalue weighted by Gasteiger charge is -2.21.